The number of hydrogen-bond donors (Lipinski definition) is 0. The van der Waals surface area contributed by atoms with E-state index in [1.165, 1.54) is 24.8 Å². The number of hydrogen-bond acceptors (Lipinski definition) is 0. The van der Waals surface area contributed by atoms with Crippen molar-refractivity contribution in [3.63, 3.8) is 0 Å². The monoisotopic (exact) mass is 202 g/mol. The fraction of sp³-hybridized carbons (Fsp3) is 0.600. The maximum atomic E-state index is 2.42. The molecule has 0 bridgehead atoms. The largest absolute Gasteiger partial charge is 0.0654 e. The van der Waals surface area contributed by atoms with Crippen LogP contribution in [0.2, 0.25) is 0 Å². The van der Waals surface area contributed by atoms with Gasteiger partial charge in [-0.25, -0.2) is 0 Å². The van der Waals surface area contributed by atoms with E-state index in [4.69, 9.17) is 0 Å². The summed E-state index contributed by atoms with van der Waals surface area (Å²) < 4.78 is 0. The molecule has 1 aromatic rings. The molecule has 2 unspecified atom stereocenters. The highest BCUT2D eigenvalue weighted by atomic mass is 14.5. The van der Waals surface area contributed by atoms with Crippen LogP contribution in [0.3, 0.4) is 0 Å². The first-order valence-corrected chi connectivity index (χ1v) is 6.30. The molecule has 0 spiro atoms. The standard InChI is InChI=1S/C15H22/c1-4-6-14-11-15(14,3)13-9-7-12(5-2)8-10-13/h7-10,14H,4-6,11H2,1-3H3. The third-order valence-electron chi connectivity index (χ3n) is 4.07. The van der Waals surface area contributed by atoms with Gasteiger partial charge in [0.05, 0.1) is 0 Å². The predicted molar refractivity (Wildman–Crippen MR) is 66.2 cm³/mol. The summed E-state index contributed by atoms with van der Waals surface area (Å²) in [5.74, 6) is 0.940. The van der Waals surface area contributed by atoms with Crippen molar-refractivity contribution < 1.29 is 0 Å². The van der Waals surface area contributed by atoms with E-state index >= 15 is 0 Å². The first-order chi connectivity index (χ1) is 7.20. The molecule has 0 saturated heterocycles. The van der Waals surface area contributed by atoms with E-state index in [0.717, 1.165) is 12.3 Å². The topological polar surface area (TPSA) is 0 Å². The lowest BCUT2D eigenvalue weighted by Crippen LogP contribution is -2.04. The fourth-order valence-corrected chi connectivity index (χ4v) is 2.70. The Balaban J connectivity index is 2.10. The Kier molecular flexibility index (Phi) is 2.86. The minimum atomic E-state index is 0.502. The molecule has 0 heteroatoms. The minimum absolute atomic E-state index is 0.502. The van der Waals surface area contributed by atoms with Gasteiger partial charge in [0.15, 0.2) is 0 Å². The van der Waals surface area contributed by atoms with Crippen LogP contribution in [-0.4, -0.2) is 0 Å². The lowest BCUT2D eigenvalue weighted by molar-refractivity contribution is 0.604. The van der Waals surface area contributed by atoms with Gasteiger partial charge in [-0.2, -0.15) is 0 Å². The van der Waals surface area contributed by atoms with Crippen molar-refractivity contribution in [2.24, 2.45) is 5.92 Å². The van der Waals surface area contributed by atoms with Gasteiger partial charge >= 0.3 is 0 Å². The quantitative estimate of drug-likeness (QED) is 0.682. The van der Waals surface area contributed by atoms with Gasteiger partial charge < -0.3 is 0 Å². The van der Waals surface area contributed by atoms with Crippen molar-refractivity contribution in [1.29, 1.82) is 0 Å². The van der Waals surface area contributed by atoms with Gasteiger partial charge in [0.1, 0.15) is 0 Å². The van der Waals surface area contributed by atoms with Crippen molar-refractivity contribution in [1.82, 2.24) is 0 Å². The molecule has 1 aliphatic rings. The Morgan fingerprint density at radius 3 is 2.40 bits per heavy atom. The molecule has 0 amide bonds. The molecule has 1 aliphatic carbocycles. The van der Waals surface area contributed by atoms with Crippen LogP contribution < -0.4 is 0 Å². The van der Waals surface area contributed by atoms with Crippen LogP contribution in [0.5, 0.6) is 0 Å². The SMILES string of the molecule is CCCC1CC1(C)c1ccc(CC)cc1. The van der Waals surface area contributed by atoms with Crippen LogP contribution in [0.4, 0.5) is 0 Å². The molecule has 0 nitrogen and oxygen atoms in total. The van der Waals surface area contributed by atoms with Crippen LogP contribution in [-0.2, 0) is 11.8 Å². The van der Waals surface area contributed by atoms with Crippen LogP contribution in [0, 0.1) is 5.92 Å². The summed E-state index contributed by atoms with van der Waals surface area (Å²) in [4.78, 5) is 0. The Bertz CT molecular complexity index is 322. The molecule has 82 valence electrons. The second-order valence-corrected chi connectivity index (χ2v) is 5.16. The average molecular weight is 202 g/mol. The molecule has 1 saturated carbocycles. The minimum Gasteiger partial charge on any atom is -0.0654 e. The van der Waals surface area contributed by atoms with Crippen molar-refractivity contribution in [3.05, 3.63) is 35.4 Å². The maximum Gasteiger partial charge on any atom is -0.00438 e. The van der Waals surface area contributed by atoms with Gasteiger partial charge in [-0.1, -0.05) is 51.5 Å². The lowest BCUT2D eigenvalue weighted by Gasteiger charge is -2.12. The zero-order valence-corrected chi connectivity index (χ0v) is 10.2. The van der Waals surface area contributed by atoms with Crippen LogP contribution in [0.25, 0.3) is 0 Å². The van der Waals surface area contributed by atoms with Gasteiger partial charge in [0, 0.05) is 0 Å². The van der Waals surface area contributed by atoms with Gasteiger partial charge in [0.25, 0.3) is 0 Å². The zero-order valence-electron chi connectivity index (χ0n) is 10.2. The molecular weight excluding hydrogens is 180 g/mol. The number of aryl methyl sites for hydroxylation is 1. The predicted octanol–water partition coefficient (Wildman–Crippen LogP) is 4.33. The second-order valence-electron chi connectivity index (χ2n) is 5.16. The summed E-state index contributed by atoms with van der Waals surface area (Å²) in [6, 6.07) is 9.27. The van der Waals surface area contributed by atoms with Crippen molar-refractivity contribution in [3.8, 4) is 0 Å². The van der Waals surface area contributed by atoms with Gasteiger partial charge in [-0.15, -0.1) is 0 Å². The van der Waals surface area contributed by atoms with Crippen molar-refractivity contribution >= 4 is 0 Å². The second kappa shape index (κ2) is 4.00. The summed E-state index contributed by atoms with van der Waals surface area (Å²) in [6.45, 7) is 6.93. The third-order valence-corrected chi connectivity index (χ3v) is 4.07. The molecule has 1 aromatic carbocycles. The molecule has 15 heavy (non-hydrogen) atoms. The van der Waals surface area contributed by atoms with E-state index in [1.54, 1.807) is 5.56 Å². The average Bonchev–Trinajstić information content (AvgIpc) is 2.92. The smallest absolute Gasteiger partial charge is 0.00438 e. The summed E-state index contributed by atoms with van der Waals surface area (Å²) in [5.41, 5.74) is 3.51. The third kappa shape index (κ3) is 1.95. The lowest BCUT2D eigenvalue weighted by atomic mass is 9.93. The Hall–Kier alpha value is -0.780. The number of benzene rings is 1. The van der Waals surface area contributed by atoms with E-state index in [-0.39, 0.29) is 0 Å². The summed E-state index contributed by atoms with van der Waals surface area (Å²) in [6.07, 6.45) is 5.26. The van der Waals surface area contributed by atoms with E-state index < -0.39 is 0 Å². The number of rotatable bonds is 4. The first kappa shape index (κ1) is 10.7. The highest BCUT2D eigenvalue weighted by molar-refractivity contribution is 5.34. The maximum absolute atomic E-state index is 2.42. The van der Waals surface area contributed by atoms with E-state index in [1.807, 2.05) is 0 Å². The fourth-order valence-electron chi connectivity index (χ4n) is 2.70. The van der Waals surface area contributed by atoms with Gasteiger partial charge in [-0.05, 0) is 41.7 Å². The van der Waals surface area contributed by atoms with Crippen molar-refractivity contribution in [2.45, 2.75) is 51.9 Å². The van der Waals surface area contributed by atoms with E-state index in [0.29, 0.717) is 5.41 Å². The van der Waals surface area contributed by atoms with Crippen LogP contribution in [0.1, 0.15) is 51.2 Å². The highest BCUT2D eigenvalue weighted by Gasteiger charge is 2.49. The summed E-state index contributed by atoms with van der Waals surface area (Å²) in [5, 5.41) is 0. The van der Waals surface area contributed by atoms with Crippen LogP contribution in [0.15, 0.2) is 24.3 Å². The Morgan fingerprint density at radius 1 is 1.20 bits per heavy atom. The molecule has 2 rings (SSSR count). The molecular formula is C15H22. The normalized spacial score (nSPS) is 29.1. The highest BCUT2D eigenvalue weighted by Crippen LogP contribution is 2.56. The van der Waals surface area contributed by atoms with Gasteiger partial charge in [-0.3, -0.25) is 0 Å². The molecule has 0 radical (unpaired) electrons. The first-order valence-electron chi connectivity index (χ1n) is 6.30. The molecule has 2 atom stereocenters. The Labute approximate surface area is 93.7 Å². The molecule has 0 aromatic heterocycles. The van der Waals surface area contributed by atoms with Crippen molar-refractivity contribution in [2.75, 3.05) is 0 Å². The molecule has 1 fully saturated rings. The zero-order chi connectivity index (χ0) is 10.9. The molecule has 0 N–H and O–H groups in total. The molecule has 0 aliphatic heterocycles. The van der Waals surface area contributed by atoms with E-state index in [2.05, 4.69) is 45.0 Å². The van der Waals surface area contributed by atoms with Gasteiger partial charge in [0.2, 0.25) is 0 Å². The molecule has 0 heterocycles. The summed E-state index contributed by atoms with van der Waals surface area (Å²) >= 11 is 0. The summed E-state index contributed by atoms with van der Waals surface area (Å²) in [7, 11) is 0. The van der Waals surface area contributed by atoms with Crippen LogP contribution >= 0.6 is 0 Å². The van der Waals surface area contributed by atoms with E-state index in [9.17, 15) is 0 Å². The Morgan fingerprint density at radius 2 is 1.87 bits per heavy atom.